The van der Waals surface area contributed by atoms with Crippen LogP contribution < -0.4 is 0 Å². The zero-order chi connectivity index (χ0) is 36.6. The standard InChI is InChI=1S/C41H62N2.2C2H6N.Ni/c1-5-9-13-15-17-20-24-34-26-22-28-36(32-34)40-38(30-12-8-4)39(31-19-11-7-3)41(43(40)42)37-29-23-27-35(33-37)25-21-18-16-14-10-6-2;2*1-3-2;/h22-23,26-29,32-33H,5-21,24-25,30-31H2,1-4H3;2*1-2H3;/q;2*-1;+2. The van der Waals surface area contributed by atoms with Crippen molar-refractivity contribution in [2.45, 2.75) is 163 Å². The summed E-state index contributed by atoms with van der Waals surface area (Å²) < 4.78 is 5.71. The van der Waals surface area contributed by atoms with Crippen molar-refractivity contribution < 1.29 is 19.6 Å². The summed E-state index contributed by atoms with van der Waals surface area (Å²) in [7, 11) is 8.11. The average molecular weight is 730 g/mol. The molecule has 5 heteroatoms. The number of nitrogens with zero attached hydrogens (tertiary/aromatic N) is 4. The molecule has 4 nitrogen and oxygen atoms in total. The molecule has 2 aromatic rings. The summed E-state index contributed by atoms with van der Waals surface area (Å²) in [4.78, 5) is 0. The molecule has 0 saturated heterocycles. The van der Waals surface area contributed by atoms with Gasteiger partial charge in [0, 0.05) is 22.3 Å². The molecule has 0 aromatic heterocycles. The van der Waals surface area contributed by atoms with Gasteiger partial charge in [0.2, 0.25) is 11.4 Å². The van der Waals surface area contributed by atoms with E-state index in [1.165, 1.54) is 145 Å². The molecular weight excluding hydrogens is 655 g/mol. The maximum atomic E-state index is 12.0. The minimum absolute atomic E-state index is 1.02. The average Bonchev–Trinajstić information content (AvgIpc) is 3.37. The topological polar surface area (TPSA) is 31.8 Å². The van der Waals surface area contributed by atoms with Crippen LogP contribution in [0.1, 0.15) is 172 Å². The Balaban J connectivity index is 0.00000112. The number of unbranched alkanes of at least 4 members (excludes halogenated alkanes) is 13. The number of aryl methyl sites for hydroxylation is 2. The molecule has 0 unspecified atom stereocenters. The fourth-order valence-electron chi connectivity index (χ4n) is 6.91. The minimum atomic E-state index is 1.02. The van der Waals surface area contributed by atoms with E-state index < -0.39 is 0 Å². The van der Waals surface area contributed by atoms with Gasteiger partial charge in [-0.3, -0.25) is 0 Å². The van der Waals surface area contributed by atoms with Gasteiger partial charge in [0.25, 0.3) is 0 Å². The summed E-state index contributed by atoms with van der Waals surface area (Å²) in [6.45, 7) is 9.12. The van der Waals surface area contributed by atoms with Gasteiger partial charge in [0.1, 0.15) is 0 Å². The third-order valence-electron chi connectivity index (χ3n) is 9.46. The van der Waals surface area contributed by atoms with Crippen molar-refractivity contribution in [1.82, 2.24) is 7.96 Å². The van der Waals surface area contributed by atoms with Gasteiger partial charge in [0.15, 0.2) is 0 Å². The van der Waals surface area contributed by atoms with E-state index in [2.05, 4.69) is 84.2 Å². The number of rotatable bonds is 25. The maximum absolute atomic E-state index is 12.0. The van der Waals surface area contributed by atoms with E-state index in [0.717, 1.165) is 49.9 Å². The van der Waals surface area contributed by atoms with Crippen LogP contribution in [0.5, 0.6) is 0 Å². The molecule has 0 spiro atoms. The Morgan fingerprint density at radius 2 is 0.840 bits per heavy atom. The van der Waals surface area contributed by atoms with Gasteiger partial charge in [0.05, 0.1) is 0 Å². The van der Waals surface area contributed by atoms with E-state index in [1.807, 2.05) is 28.2 Å². The van der Waals surface area contributed by atoms with Crippen LogP contribution in [0.3, 0.4) is 0 Å². The van der Waals surface area contributed by atoms with Crippen LogP contribution in [0, 0.1) is 0 Å². The van der Waals surface area contributed by atoms with Gasteiger partial charge in [-0.05, 0) is 86.8 Å². The van der Waals surface area contributed by atoms with E-state index in [4.69, 9.17) is 0 Å². The molecule has 1 aliphatic rings. The first-order chi connectivity index (χ1) is 24.3. The fraction of sp³-hybridized carbons (Fsp3) is 0.644. The number of hydrogen-bond donors (Lipinski definition) is 0. The SMILES string of the molecule is CCCCCCCCc1cccc(C2=C(CCCC)C(CCCCC)=C(c3cccc(CCCCCCCC)c3)[N+]2=[N-])c1.C[N](C)[Ni][N](C)C. The summed E-state index contributed by atoms with van der Waals surface area (Å²) in [5.74, 6) is 0. The van der Waals surface area contributed by atoms with Crippen LogP contribution in [0.25, 0.3) is 16.9 Å². The van der Waals surface area contributed by atoms with Crippen LogP contribution in [-0.4, -0.2) is 40.8 Å². The van der Waals surface area contributed by atoms with Gasteiger partial charge in [-0.2, -0.15) is 0 Å². The van der Waals surface area contributed by atoms with Crippen LogP contribution in [-0.2, 0) is 27.7 Å². The molecule has 0 fully saturated rings. The van der Waals surface area contributed by atoms with Crippen LogP contribution >= 0.6 is 0 Å². The van der Waals surface area contributed by atoms with E-state index in [0.29, 0.717) is 0 Å². The first kappa shape index (κ1) is 44.1. The molecule has 0 N–H and O–H groups in total. The second-order valence-corrected chi connectivity index (χ2v) is 16.5. The van der Waals surface area contributed by atoms with Crippen molar-refractivity contribution in [1.29, 1.82) is 0 Å². The Kier molecular flexibility index (Phi) is 23.5. The third-order valence-corrected chi connectivity index (χ3v) is 10.3. The zero-order valence-corrected chi connectivity index (χ0v) is 34.6. The van der Waals surface area contributed by atoms with Crippen LogP contribution in [0.4, 0.5) is 0 Å². The zero-order valence-electron chi connectivity index (χ0n) is 33.6. The monoisotopic (exact) mass is 729 g/mol. The second-order valence-electron chi connectivity index (χ2n) is 14.5. The molecule has 1 heterocycles. The van der Waals surface area contributed by atoms with Gasteiger partial charge >= 0.3 is 51.0 Å². The molecule has 0 atom stereocenters. The molecule has 0 radical (unpaired) electrons. The third kappa shape index (κ3) is 16.5. The Labute approximate surface area is 315 Å². The molecular formula is C45H74N4Ni. The van der Waals surface area contributed by atoms with Crippen molar-refractivity contribution >= 4 is 11.4 Å². The molecule has 0 saturated carbocycles. The normalized spacial score (nSPS) is 13.3. The summed E-state index contributed by atoms with van der Waals surface area (Å²) >= 11 is 1.51. The predicted octanol–water partition coefficient (Wildman–Crippen LogP) is 13.5. The molecule has 0 aliphatic carbocycles. The van der Waals surface area contributed by atoms with E-state index in [9.17, 15) is 5.53 Å². The van der Waals surface area contributed by atoms with Gasteiger partial charge in [-0.25, -0.2) is 4.70 Å². The summed E-state index contributed by atoms with van der Waals surface area (Å²) in [6, 6.07) is 18.1. The first-order valence-corrected chi connectivity index (χ1v) is 21.2. The van der Waals surface area contributed by atoms with E-state index in [1.54, 1.807) is 4.70 Å². The van der Waals surface area contributed by atoms with Gasteiger partial charge < -0.3 is 5.53 Å². The Hall–Kier alpha value is -2.07. The number of allylic oxidation sites excluding steroid dienone is 2. The molecule has 3 rings (SSSR count). The predicted molar refractivity (Wildman–Crippen MR) is 216 cm³/mol. The van der Waals surface area contributed by atoms with E-state index in [-0.39, 0.29) is 0 Å². The van der Waals surface area contributed by atoms with Crippen molar-refractivity contribution in [3.63, 3.8) is 0 Å². The first-order valence-electron chi connectivity index (χ1n) is 20.4. The molecule has 2 aromatic carbocycles. The van der Waals surface area contributed by atoms with Crippen molar-refractivity contribution in [3.05, 3.63) is 87.5 Å². The fourth-order valence-corrected chi connectivity index (χ4v) is 7.70. The molecule has 50 heavy (non-hydrogen) atoms. The summed E-state index contributed by atoms with van der Waals surface area (Å²) in [5, 5.41) is 0. The van der Waals surface area contributed by atoms with Crippen molar-refractivity contribution in [2.75, 3.05) is 28.2 Å². The molecule has 1 aliphatic heterocycles. The molecule has 0 amide bonds. The summed E-state index contributed by atoms with van der Waals surface area (Å²) in [5.41, 5.74) is 22.0. The Bertz CT molecular complexity index is 1290. The van der Waals surface area contributed by atoms with Crippen LogP contribution in [0.15, 0.2) is 59.7 Å². The quantitative estimate of drug-likeness (QED) is 0.0579. The van der Waals surface area contributed by atoms with Gasteiger partial charge in [-0.15, -0.1) is 0 Å². The van der Waals surface area contributed by atoms with Gasteiger partial charge in [-0.1, -0.05) is 135 Å². The number of hydrogen-bond acceptors (Lipinski definition) is 2. The number of benzene rings is 2. The summed E-state index contributed by atoms with van der Waals surface area (Å²) in [6.07, 6.45) is 26.0. The van der Waals surface area contributed by atoms with Crippen molar-refractivity contribution in [2.24, 2.45) is 0 Å². The van der Waals surface area contributed by atoms with Crippen molar-refractivity contribution in [3.8, 4) is 0 Å². The Morgan fingerprint density at radius 1 is 0.480 bits per heavy atom. The molecule has 284 valence electrons. The van der Waals surface area contributed by atoms with Crippen LogP contribution in [0.2, 0.25) is 0 Å². The molecule has 0 bridgehead atoms. The van der Waals surface area contributed by atoms with E-state index >= 15 is 0 Å². The Morgan fingerprint density at radius 3 is 1.24 bits per heavy atom. The second kappa shape index (κ2) is 26.7.